The molecule has 4 N–H and O–H groups in total. The zero-order chi connectivity index (χ0) is 15.4. The van der Waals surface area contributed by atoms with E-state index in [9.17, 15) is 19.8 Å². The zero-order valence-corrected chi connectivity index (χ0v) is 11.3. The van der Waals surface area contributed by atoms with E-state index >= 15 is 0 Å². The number of carbonyl (C=O) groups is 2. The smallest absolute Gasteiger partial charge is 0.326 e. The third kappa shape index (κ3) is 3.59. The molecule has 0 spiro atoms. The van der Waals surface area contributed by atoms with Gasteiger partial charge in [0.05, 0.1) is 6.33 Å². The van der Waals surface area contributed by atoms with E-state index in [-0.39, 0.29) is 12.2 Å². The minimum atomic E-state index is -1.13. The number of aryl methyl sites for hydroxylation is 1. The SMILES string of the molecule is Cc1cc(C(=O)N[C@@H](Cc2cnc[nH]2)C(=O)O)ccc1O. The monoisotopic (exact) mass is 289 g/mol. The Morgan fingerprint density at radius 2 is 2.19 bits per heavy atom. The van der Waals surface area contributed by atoms with E-state index in [1.165, 1.54) is 30.7 Å². The minimum Gasteiger partial charge on any atom is -0.508 e. The molecule has 0 aliphatic heterocycles. The number of rotatable bonds is 5. The van der Waals surface area contributed by atoms with Gasteiger partial charge in [-0.1, -0.05) is 0 Å². The largest absolute Gasteiger partial charge is 0.508 e. The summed E-state index contributed by atoms with van der Waals surface area (Å²) in [7, 11) is 0. The summed E-state index contributed by atoms with van der Waals surface area (Å²) in [4.78, 5) is 29.9. The average molecular weight is 289 g/mol. The van der Waals surface area contributed by atoms with Crippen molar-refractivity contribution in [2.24, 2.45) is 0 Å². The van der Waals surface area contributed by atoms with Crippen molar-refractivity contribution in [3.63, 3.8) is 0 Å². The summed E-state index contributed by atoms with van der Waals surface area (Å²) >= 11 is 0. The second kappa shape index (κ2) is 6.08. The molecule has 0 aliphatic carbocycles. The predicted molar refractivity (Wildman–Crippen MR) is 74.0 cm³/mol. The van der Waals surface area contributed by atoms with Gasteiger partial charge in [-0.3, -0.25) is 4.79 Å². The van der Waals surface area contributed by atoms with Gasteiger partial charge in [-0.25, -0.2) is 9.78 Å². The third-order valence-electron chi connectivity index (χ3n) is 3.04. The highest BCUT2D eigenvalue weighted by Crippen LogP contribution is 2.17. The average Bonchev–Trinajstić information content (AvgIpc) is 2.93. The maximum absolute atomic E-state index is 12.1. The highest BCUT2D eigenvalue weighted by molar-refractivity contribution is 5.96. The van der Waals surface area contributed by atoms with Crippen molar-refractivity contribution in [2.45, 2.75) is 19.4 Å². The second-order valence-electron chi connectivity index (χ2n) is 4.65. The number of imidazole rings is 1. The Labute approximate surface area is 120 Å². The van der Waals surface area contributed by atoms with Crippen molar-refractivity contribution >= 4 is 11.9 Å². The van der Waals surface area contributed by atoms with Crippen LogP contribution >= 0.6 is 0 Å². The van der Waals surface area contributed by atoms with E-state index in [4.69, 9.17) is 0 Å². The van der Waals surface area contributed by atoms with Crippen LogP contribution in [0.1, 0.15) is 21.6 Å². The zero-order valence-electron chi connectivity index (χ0n) is 11.3. The summed E-state index contributed by atoms with van der Waals surface area (Å²) < 4.78 is 0. The van der Waals surface area contributed by atoms with Crippen LogP contribution in [0, 0.1) is 6.92 Å². The van der Waals surface area contributed by atoms with Gasteiger partial charge in [-0.2, -0.15) is 0 Å². The number of phenolic OH excluding ortho intramolecular Hbond substituents is 1. The summed E-state index contributed by atoms with van der Waals surface area (Å²) in [6.07, 6.45) is 3.06. The van der Waals surface area contributed by atoms with Gasteiger partial charge < -0.3 is 20.5 Å². The van der Waals surface area contributed by atoms with Crippen LogP contribution in [0.3, 0.4) is 0 Å². The van der Waals surface area contributed by atoms with Crippen molar-refractivity contribution in [3.05, 3.63) is 47.5 Å². The number of nitrogens with zero attached hydrogens (tertiary/aromatic N) is 1. The Morgan fingerprint density at radius 1 is 1.43 bits per heavy atom. The molecule has 1 aromatic heterocycles. The quantitative estimate of drug-likeness (QED) is 0.651. The number of phenols is 1. The lowest BCUT2D eigenvalue weighted by Crippen LogP contribution is -2.42. The van der Waals surface area contributed by atoms with Gasteiger partial charge in [0.1, 0.15) is 11.8 Å². The van der Waals surface area contributed by atoms with Crippen LogP contribution in [0.4, 0.5) is 0 Å². The molecular formula is C14H15N3O4. The number of hydrogen-bond acceptors (Lipinski definition) is 4. The fraction of sp³-hybridized carbons (Fsp3) is 0.214. The number of carbonyl (C=O) groups excluding carboxylic acids is 1. The number of amides is 1. The lowest BCUT2D eigenvalue weighted by atomic mass is 10.1. The topological polar surface area (TPSA) is 115 Å². The summed E-state index contributed by atoms with van der Waals surface area (Å²) in [5.41, 5.74) is 1.45. The number of aliphatic carboxylic acids is 1. The van der Waals surface area contributed by atoms with Gasteiger partial charge in [0, 0.05) is 23.9 Å². The van der Waals surface area contributed by atoms with Crippen molar-refractivity contribution in [2.75, 3.05) is 0 Å². The maximum atomic E-state index is 12.1. The van der Waals surface area contributed by atoms with Crippen molar-refractivity contribution in [1.82, 2.24) is 15.3 Å². The summed E-state index contributed by atoms with van der Waals surface area (Å²) in [5, 5.41) is 21.1. The molecule has 21 heavy (non-hydrogen) atoms. The predicted octanol–water partition coefficient (Wildman–Crippen LogP) is 0.849. The molecule has 7 heteroatoms. The first-order valence-corrected chi connectivity index (χ1v) is 6.28. The van der Waals surface area contributed by atoms with E-state index in [2.05, 4.69) is 15.3 Å². The van der Waals surface area contributed by atoms with Gasteiger partial charge in [-0.05, 0) is 30.7 Å². The first-order valence-electron chi connectivity index (χ1n) is 6.28. The summed E-state index contributed by atoms with van der Waals surface area (Å²) in [5.74, 6) is -1.56. The molecule has 0 radical (unpaired) electrons. The molecule has 1 amide bonds. The van der Waals surface area contributed by atoms with Crippen LogP contribution in [0.25, 0.3) is 0 Å². The number of aromatic hydroxyl groups is 1. The standard InChI is InChI=1S/C14H15N3O4/c1-8-4-9(2-3-12(8)18)13(19)17-11(14(20)21)5-10-6-15-7-16-10/h2-4,6-7,11,18H,5H2,1H3,(H,15,16)(H,17,19)(H,20,21)/t11-/m0/s1. The Balaban J connectivity index is 2.10. The minimum absolute atomic E-state index is 0.0822. The summed E-state index contributed by atoms with van der Waals surface area (Å²) in [6.45, 7) is 1.66. The second-order valence-corrected chi connectivity index (χ2v) is 4.65. The molecule has 0 aliphatic rings. The van der Waals surface area contributed by atoms with Crippen molar-refractivity contribution in [3.8, 4) is 5.75 Å². The molecule has 0 bridgehead atoms. The first-order chi connectivity index (χ1) is 9.97. The van der Waals surface area contributed by atoms with E-state index in [1.54, 1.807) is 6.92 Å². The van der Waals surface area contributed by atoms with Crippen LogP contribution in [0.2, 0.25) is 0 Å². The van der Waals surface area contributed by atoms with Crippen LogP contribution in [-0.4, -0.2) is 38.1 Å². The van der Waals surface area contributed by atoms with Crippen LogP contribution in [-0.2, 0) is 11.2 Å². The fourth-order valence-corrected chi connectivity index (χ4v) is 1.85. The first kappa shape index (κ1) is 14.6. The van der Waals surface area contributed by atoms with Gasteiger partial charge in [0.2, 0.25) is 0 Å². The Bertz CT molecular complexity index is 652. The molecule has 1 heterocycles. The molecule has 7 nitrogen and oxygen atoms in total. The van der Waals surface area contributed by atoms with Crippen LogP contribution in [0.5, 0.6) is 5.75 Å². The number of H-pyrrole nitrogens is 1. The molecule has 0 saturated carbocycles. The number of aromatic nitrogens is 2. The maximum Gasteiger partial charge on any atom is 0.326 e. The highest BCUT2D eigenvalue weighted by Gasteiger charge is 2.21. The lowest BCUT2D eigenvalue weighted by Gasteiger charge is -2.14. The molecule has 1 atom stereocenters. The van der Waals surface area contributed by atoms with Gasteiger partial charge >= 0.3 is 5.97 Å². The molecule has 0 fully saturated rings. The molecule has 110 valence electrons. The van der Waals surface area contributed by atoms with E-state index in [1.807, 2.05) is 0 Å². The van der Waals surface area contributed by atoms with E-state index < -0.39 is 17.9 Å². The number of carboxylic acid groups (broad SMARTS) is 1. The van der Waals surface area contributed by atoms with Crippen LogP contribution in [0.15, 0.2) is 30.7 Å². The molecular weight excluding hydrogens is 274 g/mol. The number of hydrogen-bond donors (Lipinski definition) is 4. The summed E-state index contributed by atoms with van der Waals surface area (Å²) in [6, 6.07) is 3.27. The Morgan fingerprint density at radius 3 is 2.76 bits per heavy atom. The van der Waals surface area contributed by atoms with Gasteiger partial charge in [0.15, 0.2) is 0 Å². The molecule has 0 saturated heterocycles. The number of nitrogens with one attached hydrogen (secondary N) is 2. The molecule has 2 rings (SSSR count). The Hall–Kier alpha value is -2.83. The normalized spacial score (nSPS) is 11.9. The number of aromatic amines is 1. The molecule has 2 aromatic rings. The fourth-order valence-electron chi connectivity index (χ4n) is 1.85. The highest BCUT2D eigenvalue weighted by atomic mass is 16.4. The molecule has 0 unspecified atom stereocenters. The van der Waals surface area contributed by atoms with Crippen LogP contribution < -0.4 is 5.32 Å². The molecule has 1 aromatic carbocycles. The van der Waals surface area contributed by atoms with Crippen molar-refractivity contribution < 1.29 is 19.8 Å². The third-order valence-corrected chi connectivity index (χ3v) is 3.04. The number of carboxylic acids is 1. The van der Waals surface area contributed by atoms with E-state index in [0.29, 0.717) is 16.8 Å². The van der Waals surface area contributed by atoms with E-state index in [0.717, 1.165) is 0 Å². The lowest BCUT2D eigenvalue weighted by molar-refractivity contribution is -0.139. The van der Waals surface area contributed by atoms with Crippen molar-refractivity contribution in [1.29, 1.82) is 0 Å². The van der Waals surface area contributed by atoms with Gasteiger partial charge in [0.25, 0.3) is 5.91 Å². The Kier molecular flexibility index (Phi) is 4.22. The van der Waals surface area contributed by atoms with Gasteiger partial charge in [-0.15, -0.1) is 0 Å². The number of benzene rings is 1.